The topological polar surface area (TPSA) is 95.9 Å². The molecule has 2 amide bonds. The van der Waals surface area contributed by atoms with E-state index < -0.39 is 18.1 Å². The number of rotatable bonds is 8. The van der Waals surface area contributed by atoms with E-state index in [1.165, 1.54) is 0 Å². The van der Waals surface area contributed by atoms with Gasteiger partial charge in [0.1, 0.15) is 12.6 Å². The van der Waals surface area contributed by atoms with E-state index in [0.29, 0.717) is 19.5 Å². The predicted octanol–water partition coefficient (Wildman–Crippen LogP) is 4.51. The third-order valence-electron chi connectivity index (χ3n) is 7.16. The van der Waals surface area contributed by atoms with E-state index in [1.54, 1.807) is 4.90 Å². The second-order valence-corrected chi connectivity index (χ2v) is 10.2. The van der Waals surface area contributed by atoms with Crippen LogP contribution in [-0.4, -0.2) is 53.7 Å². The summed E-state index contributed by atoms with van der Waals surface area (Å²) in [5.41, 5.74) is 4.58. The Morgan fingerprint density at radius 3 is 2.20 bits per heavy atom. The van der Waals surface area contributed by atoms with Gasteiger partial charge < -0.3 is 20.1 Å². The summed E-state index contributed by atoms with van der Waals surface area (Å²) in [5, 5.41) is 12.0. The van der Waals surface area contributed by atoms with E-state index in [4.69, 9.17) is 9.84 Å². The van der Waals surface area contributed by atoms with Crippen LogP contribution in [0.3, 0.4) is 0 Å². The first-order valence-electron chi connectivity index (χ1n) is 12.4. The molecule has 2 N–H and O–H groups in total. The highest BCUT2D eigenvalue weighted by Gasteiger charge is 2.37. The Labute approximate surface area is 206 Å². The van der Waals surface area contributed by atoms with Gasteiger partial charge in [-0.15, -0.1) is 0 Å². The molecular weight excluding hydrogens is 444 g/mol. The number of hydrogen-bond donors (Lipinski definition) is 2. The quantitative estimate of drug-likeness (QED) is 0.582. The van der Waals surface area contributed by atoms with Crippen LogP contribution >= 0.6 is 0 Å². The summed E-state index contributed by atoms with van der Waals surface area (Å²) in [7, 11) is 0. The van der Waals surface area contributed by atoms with Crippen molar-refractivity contribution in [1.82, 2.24) is 10.2 Å². The van der Waals surface area contributed by atoms with Crippen LogP contribution in [-0.2, 0) is 14.3 Å². The van der Waals surface area contributed by atoms with Gasteiger partial charge >= 0.3 is 12.1 Å². The van der Waals surface area contributed by atoms with Crippen LogP contribution < -0.4 is 5.32 Å². The van der Waals surface area contributed by atoms with Gasteiger partial charge in [-0.3, -0.25) is 9.59 Å². The number of nitrogens with one attached hydrogen (secondary N) is 1. The molecule has 0 bridgehead atoms. The van der Waals surface area contributed by atoms with E-state index in [1.807, 2.05) is 45.0 Å². The normalized spacial score (nSPS) is 19.8. The van der Waals surface area contributed by atoms with Crippen LogP contribution in [0, 0.1) is 17.8 Å². The van der Waals surface area contributed by atoms with Crippen LogP contribution in [0.1, 0.15) is 50.7 Å². The summed E-state index contributed by atoms with van der Waals surface area (Å²) in [6, 6.07) is 15.6. The molecule has 186 valence electrons. The van der Waals surface area contributed by atoms with Gasteiger partial charge in [-0.05, 0) is 46.4 Å². The summed E-state index contributed by atoms with van der Waals surface area (Å²) in [6.45, 7) is 7.05. The smallest absolute Gasteiger partial charge is 0.407 e. The summed E-state index contributed by atoms with van der Waals surface area (Å²) in [6.07, 6.45) is -0.0860. The zero-order valence-electron chi connectivity index (χ0n) is 20.6. The summed E-state index contributed by atoms with van der Waals surface area (Å²) >= 11 is 0. The number of ether oxygens (including phenoxy) is 1. The molecule has 0 spiro atoms. The Bertz CT molecular complexity index is 1050. The second kappa shape index (κ2) is 10.5. The number of carbonyl (C=O) groups excluding carboxylic acids is 2. The number of amides is 2. The third-order valence-corrected chi connectivity index (χ3v) is 7.16. The standard InChI is InChI=1S/C28H34N2O5/c1-17(2)12-25(27(33)30-14-18(3)19(15-30)13-26(31)32)29-28(34)35-16-24-22-10-6-4-8-20(22)21-9-5-7-11-23(21)24/h4-11,17-19,24-25H,12-16H2,1-3H3,(H,29,34)(H,31,32). The van der Waals surface area contributed by atoms with Crippen molar-refractivity contribution in [2.45, 2.75) is 45.6 Å². The molecule has 1 aliphatic carbocycles. The summed E-state index contributed by atoms with van der Waals surface area (Å²) < 4.78 is 5.66. The maximum atomic E-state index is 13.3. The van der Waals surface area contributed by atoms with Gasteiger partial charge in [-0.25, -0.2) is 4.79 Å². The predicted molar refractivity (Wildman–Crippen MR) is 133 cm³/mol. The lowest BCUT2D eigenvalue weighted by atomic mass is 9.95. The van der Waals surface area contributed by atoms with Crippen LogP contribution in [0.25, 0.3) is 11.1 Å². The molecule has 2 aromatic carbocycles. The van der Waals surface area contributed by atoms with Gasteiger partial charge in [-0.1, -0.05) is 69.3 Å². The molecular formula is C28H34N2O5. The number of hydrogen-bond acceptors (Lipinski definition) is 4. The molecule has 3 atom stereocenters. The summed E-state index contributed by atoms with van der Waals surface area (Å²) in [5.74, 6) is -0.871. The molecule has 1 aliphatic heterocycles. The molecule has 3 unspecified atom stereocenters. The number of carbonyl (C=O) groups is 3. The molecule has 1 fully saturated rings. The van der Waals surface area contributed by atoms with Crippen molar-refractivity contribution in [3.8, 4) is 11.1 Å². The van der Waals surface area contributed by atoms with Crippen molar-refractivity contribution in [3.05, 3.63) is 59.7 Å². The minimum Gasteiger partial charge on any atom is -0.481 e. The highest BCUT2D eigenvalue weighted by molar-refractivity contribution is 5.86. The lowest BCUT2D eigenvalue weighted by Gasteiger charge is -2.26. The van der Waals surface area contributed by atoms with Gasteiger partial charge in [-0.2, -0.15) is 0 Å². The number of carboxylic acids is 1. The van der Waals surface area contributed by atoms with E-state index in [2.05, 4.69) is 29.6 Å². The van der Waals surface area contributed by atoms with E-state index in [-0.39, 0.29) is 42.6 Å². The lowest BCUT2D eigenvalue weighted by molar-refractivity contribution is -0.139. The lowest BCUT2D eigenvalue weighted by Crippen LogP contribution is -2.49. The molecule has 0 saturated carbocycles. The SMILES string of the molecule is CC(C)CC(NC(=O)OCC1c2ccccc2-c2ccccc21)C(=O)N1CC(C)C(CC(=O)O)C1. The van der Waals surface area contributed by atoms with Gasteiger partial charge in [0.25, 0.3) is 0 Å². The van der Waals surface area contributed by atoms with E-state index in [0.717, 1.165) is 22.3 Å². The molecule has 1 heterocycles. The van der Waals surface area contributed by atoms with Crippen molar-refractivity contribution in [2.75, 3.05) is 19.7 Å². The Balaban J connectivity index is 1.41. The highest BCUT2D eigenvalue weighted by atomic mass is 16.5. The molecule has 7 nitrogen and oxygen atoms in total. The molecule has 1 saturated heterocycles. The van der Waals surface area contributed by atoms with Crippen molar-refractivity contribution >= 4 is 18.0 Å². The Hall–Kier alpha value is -3.35. The molecule has 4 rings (SSSR count). The molecule has 2 aromatic rings. The number of benzene rings is 2. The average Bonchev–Trinajstić information content (AvgIpc) is 3.33. The van der Waals surface area contributed by atoms with Crippen LogP contribution in [0.15, 0.2) is 48.5 Å². The number of likely N-dealkylation sites (tertiary alicyclic amines) is 1. The molecule has 2 aliphatic rings. The van der Waals surface area contributed by atoms with Gasteiger partial charge in [0.05, 0.1) is 6.42 Å². The first kappa shape index (κ1) is 24.8. The monoisotopic (exact) mass is 478 g/mol. The molecule has 7 heteroatoms. The zero-order valence-corrected chi connectivity index (χ0v) is 20.6. The number of nitrogens with zero attached hydrogens (tertiary/aromatic N) is 1. The fourth-order valence-electron chi connectivity index (χ4n) is 5.40. The first-order valence-corrected chi connectivity index (χ1v) is 12.4. The fourth-order valence-corrected chi connectivity index (χ4v) is 5.40. The first-order chi connectivity index (χ1) is 16.7. The van der Waals surface area contributed by atoms with Crippen molar-refractivity contribution in [1.29, 1.82) is 0 Å². The largest absolute Gasteiger partial charge is 0.481 e. The van der Waals surface area contributed by atoms with Crippen molar-refractivity contribution < 1.29 is 24.2 Å². The summed E-state index contributed by atoms with van der Waals surface area (Å²) in [4.78, 5) is 39.0. The molecule has 0 radical (unpaired) electrons. The maximum Gasteiger partial charge on any atom is 0.407 e. The second-order valence-electron chi connectivity index (χ2n) is 10.2. The number of carboxylic acid groups (broad SMARTS) is 1. The highest BCUT2D eigenvalue weighted by Crippen LogP contribution is 2.44. The average molecular weight is 479 g/mol. The van der Waals surface area contributed by atoms with Gasteiger partial charge in [0.2, 0.25) is 5.91 Å². The van der Waals surface area contributed by atoms with Crippen LogP contribution in [0.5, 0.6) is 0 Å². The van der Waals surface area contributed by atoms with Crippen molar-refractivity contribution in [2.24, 2.45) is 17.8 Å². The molecule has 0 aromatic heterocycles. The molecule has 35 heavy (non-hydrogen) atoms. The Kier molecular flexibility index (Phi) is 7.43. The number of aliphatic carboxylic acids is 1. The van der Waals surface area contributed by atoms with Crippen LogP contribution in [0.2, 0.25) is 0 Å². The Morgan fingerprint density at radius 2 is 1.63 bits per heavy atom. The Morgan fingerprint density at radius 1 is 1.03 bits per heavy atom. The minimum absolute atomic E-state index is 0.0413. The van der Waals surface area contributed by atoms with E-state index in [9.17, 15) is 14.4 Å². The fraction of sp³-hybridized carbons (Fsp3) is 0.464. The van der Waals surface area contributed by atoms with Gasteiger partial charge in [0.15, 0.2) is 0 Å². The third kappa shape index (κ3) is 5.50. The number of alkyl carbamates (subject to hydrolysis) is 1. The van der Waals surface area contributed by atoms with Gasteiger partial charge in [0, 0.05) is 19.0 Å². The van der Waals surface area contributed by atoms with E-state index >= 15 is 0 Å². The number of fused-ring (bicyclic) bond motifs is 3. The van der Waals surface area contributed by atoms with Crippen LogP contribution in [0.4, 0.5) is 4.79 Å². The maximum absolute atomic E-state index is 13.3. The zero-order chi connectivity index (χ0) is 25.1. The minimum atomic E-state index is -0.855. The van der Waals surface area contributed by atoms with Crippen molar-refractivity contribution in [3.63, 3.8) is 0 Å².